The first kappa shape index (κ1) is 13.9. The minimum atomic E-state index is -0.00160. The van der Waals surface area contributed by atoms with E-state index in [4.69, 9.17) is 15.9 Å². The van der Waals surface area contributed by atoms with Crippen LogP contribution in [0.5, 0.6) is 11.5 Å². The van der Waals surface area contributed by atoms with Crippen LogP contribution in [-0.4, -0.2) is 13.2 Å². The molecule has 0 amide bonds. The van der Waals surface area contributed by atoms with E-state index < -0.39 is 0 Å². The molecule has 0 saturated heterocycles. The Morgan fingerprint density at radius 2 is 1.94 bits per heavy atom. The lowest BCUT2D eigenvalue weighted by molar-refractivity contribution is 0.342. The van der Waals surface area contributed by atoms with Crippen molar-refractivity contribution in [2.24, 2.45) is 0 Å². The van der Waals surface area contributed by atoms with Crippen LogP contribution in [0, 0.1) is 12.3 Å². The summed E-state index contributed by atoms with van der Waals surface area (Å²) in [5.41, 5.74) is 0.977. The summed E-state index contributed by atoms with van der Waals surface area (Å²) < 4.78 is 11.1. The van der Waals surface area contributed by atoms with E-state index in [2.05, 4.69) is 19.1 Å². The highest BCUT2D eigenvalue weighted by molar-refractivity contribution is 5.44. The van der Waals surface area contributed by atoms with Gasteiger partial charge in [0.15, 0.2) is 0 Å². The summed E-state index contributed by atoms with van der Waals surface area (Å²) in [4.78, 5) is 0. The van der Waals surface area contributed by atoms with Gasteiger partial charge in [-0.1, -0.05) is 37.3 Å². The Kier molecular flexibility index (Phi) is 5.60. The van der Waals surface area contributed by atoms with E-state index >= 15 is 0 Å². The van der Waals surface area contributed by atoms with Crippen LogP contribution in [0.4, 0.5) is 0 Å². The topological polar surface area (TPSA) is 18.5 Å². The van der Waals surface area contributed by atoms with E-state index in [1.54, 1.807) is 12.2 Å². The van der Waals surface area contributed by atoms with Crippen LogP contribution in [-0.2, 0) is 0 Å². The maximum Gasteiger partial charge on any atom is 0.127 e. The number of benzene rings is 1. The van der Waals surface area contributed by atoms with Gasteiger partial charge in [0.2, 0.25) is 0 Å². The van der Waals surface area contributed by atoms with Crippen molar-refractivity contribution >= 4 is 0 Å². The molecule has 1 atom stereocenters. The molecule has 1 aromatic rings. The fourth-order valence-electron chi connectivity index (χ4n) is 1.48. The molecule has 94 valence electrons. The largest absolute Gasteiger partial charge is 0.489 e. The van der Waals surface area contributed by atoms with Gasteiger partial charge in [-0.2, -0.15) is 0 Å². The molecule has 1 unspecified atom stereocenters. The van der Waals surface area contributed by atoms with E-state index in [-0.39, 0.29) is 5.92 Å². The molecule has 0 spiro atoms. The number of ether oxygens (including phenoxy) is 2. The molecule has 0 aliphatic heterocycles. The van der Waals surface area contributed by atoms with E-state index in [1.807, 2.05) is 25.1 Å². The van der Waals surface area contributed by atoms with Crippen molar-refractivity contribution in [3.05, 3.63) is 49.1 Å². The van der Waals surface area contributed by atoms with Gasteiger partial charge in [-0.3, -0.25) is 0 Å². The molecule has 0 aliphatic carbocycles. The predicted molar refractivity (Wildman–Crippen MR) is 75.1 cm³/mol. The number of hydrogen-bond acceptors (Lipinski definition) is 2. The van der Waals surface area contributed by atoms with Crippen molar-refractivity contribution in [2.75, 3.05) is 13.2 Å². The SMILES string of the molecule is C#CC(C)c1ccc(OCC=C)cc1OCC=C. The van der Waals surface area contributed by atoms with E-state index in [0.717, 1.165) is 17.1 Å². The van der Waals surface area contributed by atoms with E-state index in [9.17, 15) is 0 Å². The molecular formula is C16H18O2. The van der Waals surface area contributed by atoms with Crippen LogP contribution in [0.2, 0.25) is 0 Å². The standard InChI is InChI=1S/C16H18O2/c1-5-10-17-14-8-9-15(13(4)7-3)16(12-14)18-11-6-2/h3,5-6,8-9,12-13H,1-2,10-11H2,4H3. The van der Waals surface area contributed by atoms with Gasteiger partial charge in [0.1, 0.15) is 24.7 Å². The number of rotatable bonds is 7. The first-order chi connectivity index (χ1) is 8.72. The molecule has 2 heteroatoms. The Morgan fingerprint density at radius 3 is 2.56 bits per heavy atom. The average molecular weight is 242 g/mol. The smallest absolute Gasteiger partial charge is 0.127 e. The van der Waals surface area contributed by atoms with Gasteiger partial charge in [-0.25, -0.2) is 0 Å². The van der Waals surface area contributed by atoms with Crippen LogP contribution in [0.15, 0.2) is 43.5 Å². The molecule has 0 N–H and O–H groups in total. The lowest BCUT2D eigenvalue weighted by Crippen LogP contribution is -2.01. The minimum absolute atomic E-state index is 0.00160. The molecule has 0 bridgehead atoms. The molecule has 0 radical (unpaired) electrons. The molecule has 0 heterocycles. The lowest BCUT2D eigenvalue weighted by atomic mass is 10.0. The van der Waals surface area contributed by atoms with Crippen molar-refractivity contribution < 1.29 is 9.47 Å². The molecule has 1 aromatic carbocycles. The fourth-order valence-corrected chi connectivity index (χ4v) is 1.48. The second kappa shape index (κ2) is 7.24. The highest BCUT2D eigenvalue weighted by atomic mass is 16.5. The van der Waals surface area contributed by atoms with Gasteiger partial charge in [-0.05, 0) is 13.0 Å². The summed E-state index contributed by atoms with van der Waals surface area (Å²) in [6.45, 7) is 10.1. The van der Waals surface area contributed by atoms with Crippen molar-refractivity contribution in [3.63, 3.8) is 0 Å². The Bertz CT molecular complexity index is 455. The van der Waals surface area contributed by atoms with Crippen molar-refractivity contribution in [1.29, 1.82) is 0 Å². The Balaban J connectivity index is 2.99. The van der Waals surface area contributed by atoms with Crippen LogP contribution in [0.25, 0.3) is 0 Å². The third kappa shape index (κ3) is 3.71. The van der Waals surface area contributed by atoms with Crippen LogP contribution >= 0.6 is 0 Å². The maximum atomic E-state index is 5.61. The van der Waals surface area contributed by atoms with Crippen molar-refractivity contribution in [3.8, 4) is 23.8 Å². The number of hydrogen-bond donors (Lipinski definition) is 0. The lowest BCUT2D eigenvalue weighted by Gasteiger charge is -2.14. The maximum absolute atomic E-state index is 5.61. The van der Waals surface area contributed by atoms with E-state index in [0.29, 0.717) is 13.2 Å². The highest BCUT2D eigenvalue weighted by Crippen LogP contribution is 2.30. The van der Waals surface area contributed by atoms with Gasteiger partial charge in [0.05, 0.1) is 0 Å². The summed E-state index contributed by atoms with van der Waals surface area (Å²) in [6, 6.07) is 5.66. The second-order valence-electron chi connectivity index (χ2n) is 3.79. The zero-order valence-electron chi connectivity index (χ0n) is 10.7. The summed E-state index contributed by atoms with van der Waals surface area (Å²) in [6.07, 6.45) is 8.84. The van der Waals surface area contributed by atoms with Crippen LogP contribution < -0.4 is 9.47 Å². The summed E-state index contributed by atoms with van der Waals surface area (Å²) in [5.74, 6) is 4.17. The predicted octanol–water partition coefficient (Wildman–Crippen LogP) is 3.55. The quantitative estimate of drug-likeness (QED) is 0.537. The monoisotopic (exact) mass is 242 g/mol. The summed E-state index contributed by atoms with van der Waals surface area (Å²) >= 11 is 0. The first-order valence-corrected chi connectivity index (χ1v) is 5.80. The molecular weight excluding hydrogens is 224 g/mol. The fraction of sp³-hybridized carbons (Fsp3) is 0.250. The van der Waals surface area contributed by atoms with Gasteiger partial charge in [0.25, 0.3) is 0 Å². The van der Waals surface area contributed by atoms with Gasteiger partial charge < -0.3 is 9.47 Å². The molecule has 1 rings (SSSR count). The number of terminal acetylenes is 1. The summed E-state index contributed by atoms with van der Waals surface area (Å²) in [5, 5.41) is 0. The van der Waals surface area contributed by atoms with Crippen LogP contribution in [0.1, 0.15) is 18.4 Å². The zero-order valence-corrected chi connectivity index (χ0v) is 10.7. The van der Waals surface area contributed by atoms with Gasteiger partial charge in [-0.15, -0.1) is 6.42 Å². The van der Waals surface area contributed by atoms with E-state index in [1.165, 1.54) is 0 Å². The zero-order chi connectivity index (χ0) is 13.4. The minimum Gasteiger partial charge on any atom is -0.489 e. The molecule has 0 saturated carbocycles. The Labute approximate surface area is 109 Å². The molecule has 0 fully saturated rings. The summed E-state index contributed by atoms with van der Waals surface area (Å²) in [7, 11) is 0. The average Bonchev–Trinajstić information content (AvgIpc) is 2.42. The Morgan fingerprint density at radius 1 is 1.28 bits per heavy atom. The molecule has 2 nitrogen and oxygen atoms in total. The van der Waals surface area contributed by atoms with Gasteiger partial charge in [0, 0.05) is 17.5 Å². The normalized spacial score (nSPS) is 11.1. The highest BCUT2D eigenvalue weighted by Gasteiger charge is 2.10. The third-order valence-corrected chi connectivity index (χ3v) is 2.43. The van der Waals surface area contributed by atoms with Crippen molar-refractivity contribution in [1.82, 2.24) is 0 Å². The third-order valence-electron chi connectivity index (χ3n) is 2.43. The van der Waals surface area contributed by atoms with Crippen molar-refractivity contribution in [2.45, 2.75) is 12.8 Å². The molecule has 0 aliphatic rings. The van der Waals surface area contributed by atoms with Crippen LogP contribution in [0.3, 0.4) is 0 Å². The molecule has 0 aromatic heterocycles. The second-order valence-corrected chi connectivity index (χ2v) is 3.79. The first-order valence-electron chi connectivity index (χ1n) is 5.80. The molecule has 18 heavy (non-hydrogen) atoms. The Hall–Kier alpha value is -2.14. The van der Waals surface area contributed by atoms with Gasteiger partial charge >= 0.3 is 0 Å².